The predicted octanol–water partition coefficient (Wildman–Crippen LogP) is 4.18. The average molecular weight is 292 g/mol. The molecule has 2 heterocycles. The molecule has 104 valence electrons. The van der Waals surface area contributed by atoms with Crippen molar-refractivity contribution in [3.8, 4) is 0 Å². The fourth-order valence-corrected chi connectivity index (χ4v) is 3.28. The van der Waals surface area contributed by atoms with Gasteiger partial charge in [-0.2, -0.15) is 0 Å². The molecule has 0 saturated carbocycles. The van der Waals surface area contributed by atoms with Crippen molar-refractivity contribution in [3.63, 3.8) is 0 Å². The van der Waals surface area contributed by atoms with Crippen LogP contribution in [0.25, 0.3) is 10.9 Å². The Bertz CT molecular complexity index is 710. The summed E-state index contributed by atoms with van der Waals surface area (Å²) in [7, 11) is 0. The maximum atomic E-state index is 13.6. The molecule has 0 unspecified atom stereocenters. The molecule has 0 fully saturated rings. The van der Waals surface area contributed by atoms with Crippen LogP contribution in [0.4, 0.5) is 8.78 Å². The number of hydrogen-bond donors (Lipinski definition) is 0. The van der Waals surface area contributed by atoms with Gasteiger partial charge in [0.1, 0.15) is 5.52 Å². The number of fused-ring (bicyclic) bond motifs is 1. The molecule has 1 aromatic carbocycles. The van der Waals surface area contributed by atoms with Crippen molar-refractivity contribution in [3.05, 3.63) is 41.6 Å². The molecule has 0 bridgehead atoms. The summed E-state index contributed by atoms with van der Waals surface area (Å²) in [6, 6.07) is 4.49. The largest absolute Gasteiger partial charge is 0.278 e. The number of pyridine rings is 1. The average Bonchev–Trinajstić information content (AvgIpc) is 2.41. The number of rotatable bonds is 1. The molecule has 0 radical (unpaired) electrons. The predicted molar refractivity (Wildman–Crippen MR) is 79.4 cm³/mol. The first-order valence-electron chi connectivity index (χ1n) is 6.44. The monoisotopic (exact) mass is 292 g/mol. The minimum Gasteiger partial charge on any atom is -0.278 e. The number of nitrogens with zero attached hydrogens (tertiary/aromatic N) is 2. The van der Waals surface area contributed by atoms with Gasteiger partial charge in [-0.05, 0) is 24.6 Å². The van der Waals surface area contributed by atoms with E-state index in [2.05, 4.69) is 23.8 Å². The Kier molecular flexibility index (Phi) is 3.24. The van der Waals surface area contributed by atoms with E-state index in [0.29, 0.717) is 5.39 Å². The molecule has 20 heavy (non-hydrogen) atoms. The van der Waals surface area contributed by atoms with Crippen molar-refractivity contribution in [1.29, 1.82) is 0 Å². The Balaban J connectivity index is 2.06. The number of halogens is 2. The van der Waals surface area contributed by atoms with Crippen LogP contribution in [0.15, 0.2) is 29.4 Å². The highest BCUT2D eigenvalue weighted by atomic mass is 32.2. The number of aliphatic imine (C=N–C) groups is 1. The molecular formula is C15H14F2N2S. The molecule has 0 spiro atoms. The number of aromatic nitrogens is 1. The zero-order valence-corrected chi connectivity index (χ0v) is 12.1. The van der Waals surface area contributed by atoms with Crippen molar-refractivity contribution < 1.29 is 8.78 Å². The maximum Gasteiger partial charge on any atom is 0.184 e. The molecule has 2 nitrogen and oxygen atoms in total. The summed E-state index contributed by atoms with van der Waals surface area (Å²) < 4.78 is 26.9. The first kappa shape index (κ1) is 13.5. The smallest absolute Gasteiger partial charge is 0.184 e. The fraction of sp³-hybridized carbons (Fsp3) is 0.333. The normalized spacial score (nSPS) is 18.1. The number of thioether (sulfide) groups is 1. The third kappa shape index (κ3) is 2.42. The van der Waals surface area contributed by atoms with Gasteiger partial charge < -0.3 is 0 Å². The van der Waals surface area contributed by atoms with E-state index in [0.717, 1.165) is 29.6 Å². The highest BCUT2D eigenvalue weighted by Gasteiger charge is 2.26. The lowest BCUT2D eigenvalue weighted by Gasteiger charge is -2.28. The third-order valence-electron chi connectivity index (χ3n) is 3.33. The van der Waals surface area contributed by atoms with Gasteiger partial charge in [-0.3, -0.25) is 9.98 Å². The molecule has 5 heteroatoms. The molecule has 0 aliphatic carbocycles. The van der Waals surface area contributed by atoms with Crippen LogP contribution in [-0.4, -0.2) is 21.3 Å². The van der Waals surface area contributed by atoms with Crippen LogP contribution in [0, 0.1) is 11.6 Å². The van der Waals surface area contributed by atoms with Crippen LogP contribution in [0.3, 0.4) is 0 Å². The van der Waals surface area contributed by atoms with Crippen LogP contribution in [0.2, 0.25) is 0 Å². The summed E-state index contributed by atoms with van der Waals surface area (Å²) in [6.45, 7) is 5.14. The van der Waals surface area contributed by atoms with Crippen LogP contribution in [0.5, 0.6) is 0 Å². The lowest BCUT2D eigenvalue weighted by Crippen LogP contribution is -2.23. The molecule has 0 saturated heterocycles. The lowest BCUT2D eigenvalue weighted by molar-refractivity contribution is 0.515. The highest BCUT2D eigenvalue weighted by Crippen LogP contribution is 2.35. The second-order valence-electron chi connectivity index (χ2n) is 5.46. The summed E-state index contributed by atoms with van der Waals surface area (Å²) in [5, 5.41) is 1.51. The minimum absolute atomic E-state index is 0.0643. The molecule has 0 atom stereocenters. The Hall–Kier alpha value is -1.49. The van der Waals surface area contributed by atoms with Gasteiger partial charge in [-0.25, -0.2) is 8.78 Å². The summed E-state index contributed by atoms with van der Waals surface area (Å²) in [5.41, 5.74) is 0.927. The Morgan fingerprint density at radius 3 is 2.80 bits per heavy atom. The first-order valence-corrected chi connectivity index (χ1v) is 7.25. The van der Waals surface area contributed by atoms with Crippen LogP contribution < -0.4 is 0 Å². The molecule has 3 rings (SSSR count). The quantitative estimate of drug-likeness (QED) is 0.788. The molecule has 1 aliphatic rings. The zero-order valence-electron chi connectivity index (χ0n) is 11.3. The van der Waals surface area contributed by atoms with Gasteiger partial charge in [-0.15, -0.1) is 0 Å². The van der Waals surface area contributed by atoms with Crippen molar-refractivity contribution in [2.45, 2.75) is 25.0 Å². The van der Waals surface area contributed by atoms with Gasteiger partial charge in [0.05, 0.1) is 5.04 Å². The van der Waals surface area contributed by atoms with E-state index in [9.17, 15) is 8.78 Å². The summed E-state index contributed by atoms with van der Waals surface area (Å²) in [6.07, 6.45) is 2.60. The number of hydrogen-bond acceptors (Lipinski definition) is 3. The van der Waals surface area contributed by atoms with E-state index >= 15 is 0 Å². The fourth-order valence-electron chi connectivity index (χ4n) is 2.18. The van der Waals surface area contributed by atoms with E-state index in [1.807, 2.05) is 6.07 Å². The second kappa shape index (κ2) is 4.81. The van der Waals surface area contributed by atoms with Crippen molar-refractivity contribution in [1.82, 2.24) is 4.98 Å². The topological polar surface area (TPSA) is 25.2 Å². The van der Waals surface area contributed by atoms with E-state index in [4.69, 9.17) is 0 Å². The first-order chi connectivity index (χ1) is 9.46. The van der Waals surface area contributed by atoms with E-state index < -0.39 is 11.6 Å². The van der Waals surface area contributed by atoms with Crippen LogP contribution in [0.1, 0.15) is 25.8 Å². The van der Waals surface area contributed by atoms with Gasteiger partial charge in [0.25, 0.3) is 0 Å². The van der Waals surface area contributed by atoms with Gasteiger partial charge in [-0.1, -0.05) is 25.6 Å². The Morgan fingerprint density at radius 2 is 2.05 bits per heavy atom. The standard InChI is InChI=1S/C15H14F2N2S/c1-15(2)5-6-18-14(20-15)10-7-9-3-4-11(16)12(17)13(9)19-8-10/h3-4,7-8H,5-6H2,1-2H3. The van der Waals surface area contributed by atoms with Crippen molar-refractivity contribution in [2.75, 3.05) is 6.54 Å². The Labute approximate surface area is 120 Å². The molecular weight excluding hydrogens is 278 g/mol. The molecule has 0 N–H and O–H groups in total. The van der Waals surface area contributed by atoms with Crippen molar-refractivity contribution in [2.24, 2.45) is 4.99 Å². The summed E-state index contributed by atoms with van der Waals surface area (Å²) in [5.74, 6) is -1.77. The Morgan fingerprint density at radius 1 is 1.25 bits per heavy atom. The summed E-state index contributed by atoms with van der Waals surface area (Å²) >= 11 is 1.70. The SMILES string of the molecule is CC1(C)CCN=C(c2cnc3c(F)c(F)ccc3c2)S1. The molecule has 2 aromatic rings. The van der Waals surface area contributed by atoms with Crippen LogP contribution in [-0.2, 0) is 0 Å². The van der Waals surface area contributed by atoms with Crippen LogP contribution >= 0.6 is 11.8 Å². The van der Waals surface area contributed by atoms with Crippen molar-refractivity contribution >= 4 is 27.7 Å². The van der Waals surface area contributed by atoms with Gasteiger partial charge >= 0.3 is 0 Å². The number of benzene rings is 1. The van der Waals surface area contributed by atoms with Gasteiger partial charge in [0.15, 0.2) is 11.6 Å². The van der Waals surface area contributed by atoms with E-state index in [1.165, 1.54) is 0 Å². The lowest BCUT2D eigenvalue weighted by atomic mass is 10.1. The van der Waals surface area contributed by atoms with Gasteiger partial charge in [0.2, 0.25) is 0 Å². The highest BCUT2D eigenvalue weighted by molar-refractivity contribution is 8.15. The molecule has 1 aliphatic heterocycles. The van der Waals surface area contributed by atoms with E-state index in [-0.39, 0.29) is 10.3 Å². The second-order valence-corrected chi connectivity index (χ2v) is 7.15. The van der Waals surface area contributed by atoms with E-state index in [1.54, 1.807) is 24.0 Å². The molecule has 0 amide bonds. The minimum atomic E-state index is -0.896. The van der Waals surface area contributed by atoms with Gasteiger partial charge in [0, 0.05) is 28.4 Å². The molecule has 1 aromatic heterocycles. The maximum absolute atomic E-state index is 13.6. The zero-order chi connectivity index (χ0) is 14.3. The third-order valence-corrected chi connectivity index (χ3v) is 4.65. The summed E-state index contributed by atoms with van der Waals surface area (Å²) in [4.78, 5) is 8.57.